The van der Waals surface area contributed by atoms with Crippen LogP contribution in [0.1, 0.15) is 11.1 Å². The molecule has 3 rings (SSSR count). The van der Waals surface area contributed by atoms with Crippen LogP contribution in [0.25, 0.3) is 0 Å². The highest BCUT2D eigenvalue weighted by Gasteiger charge is 2.03. The molecule has 6 nitrogen and oxygen atoms in total. The third-order valence-electron chi connectivity index (χ3n) is 3.48. The molecule has 0 aliphatic heterocycles. The molecule has 0 spiro atoms. The van der Waals surface area contributed by atoms with Crippen LogP contribution >= 0.6 is 23.4 Å². The van der Waals surface area contributed by atoms with Gasteiger partial charge in [-0.3, -0.25) is 4.79 Å². The smallest absolute Gasteiger partial charge is 0.250 e. The number of ether oxygens (including phenoxy) is 1. The van der Waals surface area contributed by atoms with E-state index in [9.17, 15) is 4.79 Å². The largest absolute Gasteiger partial charge is 0.489 e. The minimum Gasteiger partial charge on any atom is -0.489 e. The fraction of sp³-hybridized carbons (Fsp3) is 0.100. The van der Waals surface area contributed by atoms with Crippen LogP contribution in [0.2, 0.25) is 5.02 Å². The van der Waals surface area contributed by atoms with Crippen molar-refractivity contribution in [2.24, 2.45) is 5.10 Å². The summed E-state index contributed by atoms with van der Waals surface area (Å²) in [6.45, 7) is 0.462. The molecule has 1 N–H and O–H groups in total. The van der Waals surface area contributed by atoms with Crippen LogP contribution in [0, 0.1) is 0 Å². The van der Waals surface area contributed by atoms with E-state index in [1.807, 2.05) is 48.5 Å². The first-order valence-electron chi connectivity index (χ1n) is 8.38. The lowest BCUT2D eigenvalue weighted by Crippen LogP contribution is -2.19. The topological polar surface area (TPSA) is 76.5 Å². The van der Waals surface area contributed by atoms with Gasteiger partial charge in [-0.15, -0.1) is 0 Å². The minimum absolute atomic E-state index is 0.193. The highest BCUT2D eigenvalue weighted by atomic mass is 35.5. The van der Waals surface area contributed by atoms with Gasteiger partial charge in [0.05, 0.1) is 12.0 Å². The first-order valence-corrected chi connectivity index (χ1v) is 9.74. The summed E-state index contributed by atoms with van der Waals surface area (Å²) in [5.41, 5.74) is 4.36. The number of carbonyl (C=O) groups is 1. The predicted octanol–water partition coefficient (Wildman–Crippen LogP) is 3.95. The van der Waals surface area contributed by atoms with Crippen LogP contribution in [-0.4, -0.2) is 27.8 Å². The van der Waals surface area contributed by atoms with Crippen molar-refractivity contribution in [2.75, 3.05) is 5.75 Å². The SMILES string of the molecule is O=C(CSc1ncccn1)N/N=C\c1ccc(OCc2ccc(Cl)cc2)cc1. The van der Waals surface area contributed by atoms with Gasteiger partial charge in [-0.25, -0.2) is 15.4 Å². The second-order valence-electron chi connectivity index (χ2n) is 5.60. The first-order chi connectivity index (χ1) is 13.7. The van der Waals surface area contributed by atoms with Gasteiger partial charge in [0.25, 0.3) is 5.91 Å². The van der Waals surface area contributed by atoms with E-state index in [1.54, 1.807) is 24.7 Å². The maximum atomic E-state index is 11.8. The third-order valence-corrected chi connectivity index (χ3v) is 4.60. The maximum absolute atomic E-state index is 11.8. The van der Waals surface area contributed by atoms with Crippen molar-refractivity contribution in [3.05, 3.63) is 83.1 Å². The van der Waals surface area contributed by atoms with Gasteiger partial charge in [-0.05, 0) is 53.6 Å². The van der Waals surface area contributed by atoms with Crippen LogP contribution < -0.4 is 10.2 Å². The molecule has 1 heterocycles. The van der Waals surface area contributed by atoms with Crippen LogP contribution in [0.4, 0.5) is 0 Å². The number of aromatic nitrogens is 2. The zero-order valence-corrected chi connectivity index (χ0v) is 16.4. The molecular weight excluding hydrogens is 396 g/mol. The molecule has 0 atom stereocenters. The molecule has 3 aromatic rings. The Morgan fingerprint density at radius 3 is 2.54 bits per heavy atom. The van der Waals surface area contributed by atoms with Crippen molar-refractivity contribution in [1.82, 2.24) is 15.4 Å². The number of nitrogens with zero attached hydrogens (tertiary/aromatic N) is 3. The van der Waals surface area contributed by atoms with Crippen molar-refractivity contribution in [3.63, 3.8) is 0 Å². The third kappa shape index (κ3) is 6.68. The Hall–Kier alpha value is -2.90. The molecule has 28 heavy (non-hydrogen) atoms. The normalized spacial score (nSPS) is 10.8. The van der Waals surface area contributed by atoms with Crippen LogP contribution in [0.15, 0.2) is 77.2 Å². The molecule has 0 unspecified atom stereocenters. The van der Waals surface area contributed by atoms with E-state index < -0.39 is 0 Å². The van der Waals surface area contributed by atoms with Crippen molar-refractivity contribution in [2.45, 2.75) is 11.8 Å². The Morgan fingerprint density at radius 1 is 1.11 bits per heavy atom. The Kier molecular flexibility index (Phi) is 7.40. The number of hydrazone groups is 1. The number of carbonyl (C=O) groups excluding carboxylic acids is 1. The number of hydrogen-bond donors (Lipinski definition) is 1. The van der Waals surface area contributed by atoms with E-state index in [0.29, 0.717) is 16.8 Å². The molecule has 2 aromatic carbocycles. The fourth-order valence-electron chi connectivity index (χ4n) is 2.10. The molecule has 1 aromatic heterocycles. The maximum Gasteiger partial charge on any atom is 0.250 e. The molecule has 142 valence electrons. The number of halogens is 1. The van der Waals surface area contributed by atoms with E-state index >= 15 is 0 Å². The van der Waals surface area contributed by atoms with Crippen LogP contribution in [-0.2, 0) is 11.4 Å². The summed E-state index contributed by atoms with van der Waals surface area (Å²) in [5, 5.41) is 5.21. The minimum atomic E-state index is -0.225. The van der Waals surface area contributed by atoms with Crippen molar-refractivity contribution < 1.29 is 9.53 Å². The second-order valence-corrected chi connectivity index (χ2v) is 6.98. The summed E-state index contributed by atoms with van der Waals surface area (Å²) in [7, 11) is 0. The van der Waals surface area contributed by atoms with Gasteiger partial charge < -0.3 is 4.74 Å². The summed E-state index contributed by atoms with van der Waals surface area (Å²) in [6.07, 6.45) is 4.84. The lowest BCUT2D eigenvalue weighted by Gasteiger charge is -2.06. The Bertz CT molecular complexity index is 919. The number of hydrogen-bond acceptors (Lipinski definition) is 6. The number of amides is 1. The summed E-state index contributed by atoms with van der Waals surface area (Å²) in [5.74, 6) is 0.714. The fourth-order valence-corrected chi connectivity index (χ4v) is 2.82. The van der Waals surface area contributed by atoms with Gasteiger partial charge >= 0.3 is 0 Å². The van der Waals surface area contributed by atoms with Gasteiger partial charge in [0.15, 0.2) is 5.16 Å². The van der Waals surface area contributed by atoms with Gasteiger partial charge in [-0.2, -0.15) is 5.10 Å². The summed E-state index contributed by atoms with van der Waals surface area (Å²) >= 11 is 7.12. The number of benzene rings is 2. The summed E-state index contributed by atoms with van der Waals surface area (Å²) in [4.78, 5) is 19.9. The highest BCUT2D eigenvalue weighted by molar-refractivity contribution is 7.99. The van der Waals surface area contributed by atoms with Gasteiger partial charge in [-0.1, -0.05) is 35.5 Å². The molecular formula is C20H17ClN4O2S. The second kappa shape index (κ2) is 10.4. The monoisotopic (exact) mass is 412 g/mol. The van der Waals surface area contributed by atoms with Crippen molar-refractivity contribution >= 4 is 35.5 Å². The molecule has 0 fully saturated rings. The van der Waals surface area contributed by atoms with Crippen molar-refractivity contribution in [1.29, 1.82) is 0 Å². The van der Waals surface area contributed by atoms with E-state index in [1.165, 1.54) is 11.8 Å². The van der Waals surface area contributed by atoms with Gasteiger partial charge in [0.1, 0.15) is 12.4 Å². The zero-order chi connectivity index (χ0) is 19.6. The Balaban J connectivity index is 1.41. The Labute approximate surface area is 172 Å². The van der Waals surface area contributed by atoms with Gasteiger partial charge in [0.2, 0.25) is 0 Å². The molecule has 8 heteroatoms. The molecule has 0 aliphatic carbocycles. The van der Waals surface area contributed by atoms with E-state index in [2.05, 4.69) is 20.5 Å². The highest BCUT2D eigenvalue weighted by Crippen LogP contribution is 2.15. The zero-order valence-electron chi connectivity index (χ0n) is 14.8. The lowest BCUT2D eigenvalue weighted by molar-refractivity contribution is -0.118. The Morgan fingerprint density at radius 2 is 1.82 bits per heavy atom. The first kappa shape index (κ1) is 19.9. The number of nitrogens with one attached hydrogen (secondary N) is 1. The molecule has 0 radical (unpaired) electrons. The average molecular weight is 413 g/mol. The lowest BCUT2D eigenvalue weighted by atomic mass is 10.2. The van der Waals surface area contributed by atoms with Crippen molar-refractivity contribution in [3.8, 4) is 5.75 Å². The molecule has 1 amide bonds. The summed E-state index contributed by atoms with van der Waals surface area (Å²) < 4.78 is 5.73. The average Bonchev–Trinajstić information content (AvgIpc) is 2.73. The predicted molar refractivity (Wildman–Crippen MR) is 111 cm³/mol. The number of thioether (sulfide) groups is 1. The van der Waals surface area contributed by atoms with Gasteiger partial charge in [0, 0.05) is 17.4 Å². The summed E-state index contributed by atoms with van der Waals surface area (Å²) in [6, 6.07) is 16.7. The van der Waals surface area contributed by atoms with E-state index in [4.69, 9.17) is 16.3 Å². The molecule has 0 bridgehead atoms. The molecule has 0 saturated heterocycles. The van der Waals surface area contributed by atoms with E-state index in [0.717, 1.165) is 16.9 Å². The van der Waals surface area contributed by atoms with Crippen LogP contribution in [0.5, 0.6) is 5.75 Å². The molecule has 0 aliphatic rings. The molecule has 0 saturated carbocycles. The van der Waals surface area contributed by atoms with Crippen LogP contribution in [0.3, 0.4) is 0 Å². The standard InChI is InChI=1S/C20H17ClN4O2S/c21-17-6-2-16(3-7-17)13-27-18-8-4-15(5-9-18)12-24-25-19(26)14-28-20-22-10-1-11-23-20/h1-12H,13-14H2,(H,25,26)/b24-12-. The quantitative estimate of drug-likeness (QED) is 0.262. The number of rotatable bonds is 8. The van der Waals surface area contributed by atoms with E-state index in [-0.39, 0.29) is 11.7 Å².